The number of alkyl halides is 3. The summed E-state index contributed by atoms with van der Waals surface area (Å²) in [5.74, 6) is 0. The quantitative estimate of drug-likeness (QED) is 0.843. The van der Waals surface area contributed by atoms with Crippen molar-refractivity contribution in [2.24, 2.45) is 0 Å². The number of halogens is 3. The molecule has 0 saturated heterocycles. The Morgan fingerprint density at radius 3 is 2.45 bits per heavy atom. The second-order valence-electron chi connectivity index (χ2n) is 5.04. The zero-order valence-corrected chi connectivity index (χ0v) is 10.7. The molecule has 1 aromatic heterocycles. The van der Waals surface area contributed by atoms with Crippen molar-refractivity contribution in [2.75, 3.05) is 0 Å². The Balaban J connectivity index is 1.98. The van der Waals surface area contributed by atoms with Crippen LogP contribution >= 0.6 is 0 Å². The normalized spacial score (nSPS) is 18.9. The number of nitrogens with zero attached hydrogens (tertiary/aromatic N) is 1. The van der Waals surface area contributed by atoms with E-state index in [0.29, 0.717) is 5.69 Å². The summed E-state index contributed by atoms with van der Waals surface area (Å²) in [6.07, 6.45) is -0.509. The lowest BCUT2D eigenvalue weighted by atomic mass is 9.95. The van der Waals surface area contributed by atoms with Gasteiger partial charge in [0, 0.05) is 23.1 Å². The van der Waals surface area contributed by atoms with Crippen LogP contribution < -0.4 is 0 Å². The zero-order valence-electron chi connectivity index (χ0n) is 10.7. The first-order valence-corrected chi connectivity index (χ1v) is 6.52. The smallest absolute Gasteiger partial charge is 0.388 e. The molecule has 20 heavy (non-hydrogen) atoms. The van der Waals surface area contributed by atoms with Gasteiger partial charge in [0.2, 0.25) is 0 Å². The Kier molecular flexibility index (Phi) is 3.09. The van der Waals surface area contributed by atoms with Crippen LogP contribution in [0.3, 0.4) is 0 Å². The minimum Gasteiger partial charge on any atom is -0.388 e. The summed E-state index contributed by atoms with van der Waals surface area (Å²) in [7, 11) is 0. The third kappa shape index (κ3) is 2.22. The summed E-state index contributed by atoms with van der Waals surface area (Å²) < 4.78 is 39.5. The Labute approximate surface area is 114 Å². The van der Waals surface area contributed by atoms with Crippen molar-refractivity contribution in [3.8, 4) is 5.69 Å². The molecular weight excluding hydrogens is 267 g/mol. The van der Waals surface area contributed by atoms with Crippen molar-refractivity contribution in [2.45, 2.75) is 31.5 Å². The van der Waals surface area contributed by atoms with Gasteiger partial charge in [0.15, 0.2) is 0 Å². The zero-order chi connectivity index (χ0) is 14.3. The van der Waals surface area contributed by atoms with E-state index in [9.17, 15) is 18.3 Å². The van der Waals surface area contributed by atoms with Crippen molar-refractivity contribution in [3.63, 3.8) is 0 Å². The van der Waals surface area contributed by atoms with Crippen molar-refractivity contribution in [3.05, 3.63) is 53.3 Å². The summed E-state index contributed by atoms with van der Waals surface area (Å²) in [5, 5.41) is 9.91. The van der Waals surface area contributed by atoms with E-state index >= 15 is 0 Å². The highest BCUT2D eigenvalue weighted by Crippen LogP contribution is 2.33. The first-order valence-electron chi connectivity index (χ1n) is 6.52. The third-order valence-electron chi connectivity index (χ3n) is 3.75. The molecule has 1 aliphatic rings. The molecule has 1 aromatic carbocycles. The maximum absolute atomic E-state index is 12.5. The van der Waals surface area contributed by atoms with Gasteiger partial charge in [-0.1, -0.05) is 0 Å². The van der Waals surface area contributed by atoms with Gasteiger partial charge in [-0.05, 0) is 49.6 Å². The monoisotopic (exact) mass is 281 g/mol. The SMILES string of the molecule is OC1CCCc2c1ccn2-c1ccc(C(F)(F)F)cc1. The van der Waals surface area contributed by atoms with E-state index in [1.807, 2.05) is 16.8 Å². The van der Waals surface area contributed by atoms with E-state index in [4.69, 9.17) is 0 Å². The molecule has 0 saturated carbocycles. The highest BCUT2D eigenvalue weighted by Gasteiger charge is 2.30. The third-order valence-corrected chi connectivity index (χ3v) is 3.75. The van der Waals surface area contributed by atoms with Crippen molar-refractivity contribution < 1.29 is 18.3 Å². The van der Waals surface area contributed by atoms with E-state index in [1.165, 1.54) is 12.1 Å². The molecule has 3 rings (SSSR count). The molecular formula is C15H14F3NO. The average Bonchev–Trinajstić information content (AvgIpc) is 2.83. The number of aliphatic hydroxyl groups is 1. The molecule has 106 valence electrons. The van der Waals surface area contributed by atoms with Gasteiger partial charge in [-0.3, -0.25) is 0 Å². The molecule has 1 unspecified atom stereocenters. The van der Waals surface area contributed by atoms with Gasteiger partial charge < -0.3 is 9.67 Å². The van der Waals surface area contributed by atoms with E-state index in [2.05, 4.69) is 0 Å². The summed E-state index contributed by atoms with van der Waals surface area (Å²) in [6.45, 7) is 0. The largest absolute Gasteiger partial charge is 0.416 e. The Bertz CT molecular complexity index is 613. The van der Waals surface area contributed by atoms with Crippen molar-refractivity contribution in [1.82, 2.24) is 4.57 Å². The fourth-order valence-corrected chi connectivity index (χ4v) is 2.72. The Hall–Kier alpha value is -1.75. The Morgan fingerprint density at radius 1 is 1.10 bits per heavy atom. The van der Waals surface area contributed by atoms with Gasteiger partial charge in [-0.2, -0.15) is 13.2 Å². The van der Waals surface area contributed by atoms with Crippen molar-refractivity contribution in [1.29, 1.82) is 0 Å². The lowest BCUT2D eigenvalue weighted by Gasteiger charge is -2.20. The number of fused-ring (bicyclic) bond motifs is 1. The number of rotatable bonds is 1. The van der Waals surface area contributed by atoms with Crippen LogP contribution in [-0.2, 0) is 12.6 Å². The van der Waals surface area contributed by atoms with Crippen LogP contribution in [0.5, 0.6) is 0 Å². The highest BCUT2D eigenvalue weighted by atomic mass is 19.4. The van der Waals surface area contributed by atoms with Crippen LogP contribution in [0, 0.1) is 0 Å². The van der Waals surface area contributed by atoms with Gasteiger partial charge in [-0.25, -0.2) is 0 Å². The number of hydrogen-bond donors (Lipinski definition) is 1. The van der Waals surface area contributed by atoms with Crippen LogP contribution in [0.25, 0.3) is 5.69 Å². The van der Waals surface area contributed by atoms with E-state index in [0.717, 1.165) is 42.7 Å². The molecule has 0 spiro atoms. The number of aliphatic hydroxyl groups excluding tert-OH is 1. The molecule has 0 aliphatic heterocycles. The topological polar surface area (TPSA) is 25.2 Å². The summed E-state index contributed by atoms with van der Waals surface area (Å²) in [4.78, 5) is 0. The van der Waals surface area contributed by atoms with Gasteiger partial charge in [0.05, 0.1) is 11.7 Å². The molecule has 1 heterocycles. The first kappa shape index (κ1) is 13.2. The lowest BCUT2D eigenvalue weighted by molar-refractivity contribution is -0.137. The van der Waals surface area contributed by atoms with Crippen LogP contribution in [0.4, 0.5) is 13.2 Å². The molecule has 0 fully saturated rings. The molecule has 2 aromatic rings. The van der Waals surface area contributed by atoms with Gasteiger partial charge in [0.25, 0.3) is 0 Å². The molecule has 1 aliphatic carbocycles. The second kappa shape index (κ2) is 4.66. The van der Waals surface area contributed by atoms with Crippen LogP contribution in [-0.4, -0.2) is 9.67 Å². The fraction of sp³-hybridized carbons (Fsp3) is 0.333. The maximum atomic E-state index is 12.5. The predicted molar refractivity (Wildman–Crippen MR) is 68.7 cm³/mol. The first-order chi connectivity index (χ1) is 9.47. The summed E-state index contributed by atoms with van der Waals surface area (Å²) in [6, 6.07) is 6.94. The van der Waals surface area contributed by atoms with Gasteiger partial charge in [-0.15, -0.1) is 0 Å². The molecule has 0 amide bonds. The molecule has 5 heteroatoms. The maximum Gasteiger partial charge on any atom is 0.416 e. The Morgan fingerprint density at radius 2 is 1.80 bits per heavy atom. The molecule has 1 atom stereocenters. The lowest BCUT2D eigenvalue weighted by Crippen LogP contribution is -2.11. The van der Waals surface area contributed by atoms with Crippen LogP contribution in [0.2, 0.25) is 0 Å². The number of aromatic nitrogens is 1. The van der Waals surface area contributed by atoms with Crippen LogP contribution in [0.15, 0.2) is 36.5 Å². The average molecular weight is 281 g/mol. The summed E-state index contributed by atoms with van der Waals surface area (Å²) in [5.41, 5.74) is 1.91. The van der Waals surface area contributed by atoms with Gasteiger partial charge in [0.1, 0.15) is 0 Å². The number of hydrogen-bond acceptors (Lipinski definition) is 1. The van der Waals surface area contributed by atoms with Crippen molar-refractivity contribution >= 4 is 0 Å². The number of benzene rings is 1. The van der Waals surface area contributed by atoms with E-state index in [1.54, 1.807) is 0 Å². The van der Waals surface area contributed by atoms with Gasteiger partial charge >= 0.3 is 6.18 Å². The minimum absolute atomic E-state index is 0.463. The molecule has 0 radical (unpaired) electrons. The highest BCUT2D eigenvalue weighted by molar-refractivity contribution is 5.41. The predicted octanol–water partition coefficient (Wildman–Crippen LogP) is 3.87. The van der Waals surface area contributed by atoms with Crippen LogP contribution in [0.1, 0.15) is 35.8 Å². The van der Waals surface area contributed by atoms with E-state index < -0.39 is 17.8 Å². The minimum atomic E-state index is -4.31. The second-order valence-corrected chi connectivity index (χ2v) is 5.04. The molecule has 2 nitrogen and oxygen atoms in total. The van der Waals surface area contributed by atoms with E-state index in [-0.39, 0.29) is 0 Å². The molecule has 1 N–H and O–H groups in total. The summed E-state index contributed by atoms with van der Waals surface area (Å²) >= 11 is 0. The standard InChI is InChI=1S/C15H14F3NO/c16-15(17,18)10-4-6-11(7-5-10)19-9-8-12-13(19)2-1-3-14(12)20/h4-9,14,20H,1-3H2. The fourth-order valence-electron chi connectivity index (χ4n) is 2.72. The molecule has 0 bridgehead atoms.